The zero-order valence-electron chi connectivity index (χ0n) is 10.2. The molecule has 1 N–H and O–H groups in total. The van der Waals surface area contributed by atoms with Gasteiger partial charge < -0.3 is 14.7 Å². The maximum atomic E-state index is 11.7. The molecular formula is C11H19NO4. The van der Waals surface area contributed by atoms with Crippen LogP contribution < -0.4 is 0 Å². The van der Waals surface area contributed by atoms with Crippen molar-refractivity contribution in [3.63, 3.8) is 0 Å². The van der Waals surface area contributed by atoms with Crippen molar-refractivity contribution in [1.82, 2.24) is 4.90 Å². The highest BCUT2D eigenvalue weighted by molar-refractivity contribution is 6.01. The maximum Gasteiger partial charge on any atom is 0.331 e. The third-order valence-electron chi connectivity index (χ3n) is 2.39. The number of carboxylic acid groups (broad SMARTS) is 1. The molecule has 0 heterocycles. The second-order valence-electron chi connectivity index (χ2n) is 3.63. The predicted molar refractivity (Wildman–Crippen MR) is 60.1 cm³/mol. The minimum Gasteiger partial charge on any atom is -0.478 e. The number of carboxylic acids is 1. The van der Waals surface area contributed by atoms with Gasteiger partial charge in [0.05, 0.1) is 0 Å². The Balaban J connectivity index is 4.44. The standard InChI is InChI=1S/C11H19NO4/c1-8(9(2)11(14)15)10(13)12(3)6-5-7-16-4/h5-7H2,1-4H3,(H,14,15). The maximum absolute atomic E-state index is 11.7. The minimum absolute atomic E-state index is 0.0867. The fraction of sp³-hybridized carbons (Fsp3) is 0.636. The summed E-state index contributed by atoms with van der Waals surface area (Å²) in [6.07, 6.45) is 0.734. The van der Waals surface area contributed by atoms with Crippen molar-refractivity contribution in [3.05, 3.63) is 11.1 Å². The Kier molecular flexibility index (Phi) is 6.41. The Hall–Kier alpha value is -1.36. The van der Waals surface area contributed by atoms with Gasteiger partial charge in [-0.3, -0.25) is 4.79 Å². The number of nitrogens with zero attached hydrogens (tertiary/aromatic N) is 1. The smallest absolute Gasteiger partial charge is 0.331 e. The van der Waals surface area contributed by atoms with Crippen LogP contribution in [0.15, 0.2) is 11.1 Å². The summed E-state index contributed by atoms with van der Waals surface area (Å²) in [5.74, 6) is -1.31. The fourth-order valence-corrected chi connectivity index (χ4v) is 1.15. The molecule has 0 aliphatic heterocycles. The van der Waals surface area contributed by atoms with Gasteiger partial charge >= 0.3 is 5.97 Å². The van der Waals surface area contributed by atoms with Crippen LogP contribution in [0.1, 0.15) is 20.3 Å². The van der Waals surface area contributed by atoms with Gasteiger partial charge in [0.2, 0.25) is 5.91 Å². The molecule has 0 unspecified atom stereocenters. The molecule has 0 saturated carbocycles. The van der Waals surface area contributed by atoms with Crippen LogP contribution in [-0.4, -0.2) is 49.2 Å². The Morgan fingerprint density at radius 1 is 1.25 bits per heavy atom. The zero-order chi connectivity index (χ0) is 12.7. The second-order valence-corrected chi connectivity index (χ2v) is 3.63. The average molecular weight is 229 g/mol. The molecule has 0 rings (SSSR count). The van der Waals surface area contributed by atoms with Crippen molar-refractivity contribution in [2.75, 3.05) is 27.3 Å². The van der Waals surface area contributed by atoms with E-state index in [1.165, 1.54) is 18.7 Å². The van der Waals surface area contributed by atoms with E-state index in [-0.39, 0.29) is 17.1 Å². The normalized spacial score (nSPS) is 12.0. The number of hydrogen-bond donors (Lipinski definition) is 1. The topological polar surface area (TPSA) is 66.8 Å². The summed E-state index contributed by atoms with van der Waals surface area (Å²) in [7, 11) is 3.25. The van der Waals surface area contributed by atoms with Gasteiger partial charge in [-0.15, -0.1) is 0 Å². The van der Waals surface area contributed by atoms with Gasteiger partial charge in [0.15, 0.2) is 0 Å². The molecule has 0 atom stereocenters. The van der Waals surface area contributed by atoms with Crippen LogP contribution in [0, 0.1) is 0 Å². The number of methoxy groups -OCH3 is 1. The second kappa shape index (κ2) is 7.00. The molecule has 5 nitrogen and oxygen atoms in total. The van der Waals surface area contributed by atoms with Gasteiger partial charge in [0.25, 0.3) is 0 Å². The first kappa shape index (κ1) is 14.6. The number of ether oxygens (including phenoxy) is 1. The molecule has 0 aromatic carbocycles. The summed E-state index contributed by atoms with van der Waals surface area (Å²) in [6.45, 7) is 4.09. The number of aliphatic carboxylic acids is 1. The Bertz CT molecular complexity index is 296. The molecule has 0 spiro atoms. The molecule has 0 fully saturated rings. The molecular weight excluding hydrogens is 210 g/mol. The number of carbonyl (C=O) groups is 2. The Morgan fingerprint density at radius 2 is 1.81 bits per heavy atom. The highest BCUT2D eigenvalue weighted by Gasteiger charge is 2.15. The lowest BCUT2D eigenvalue weighted by atomic mass is 10.1. The number of carbonyl (C=O) groups excluding carboxylic acids is 1. The summed E-state index contributed by atoms with van der Waals surface area (Å²) in [4.78, 5) is 23.9. The van der Waals surface area contributed by atoms with E-state index in [9.17, 15) is 9.59 Å². The molecule has 0 aromatic rings. The average Bonchev–Trinajstić information content (AvgIpc) is 2.26. The van der Waals surface area contributed by atoms with Crippen molar-refractivity contribution in [2.45, 2.75) is 20.3 Å². The van der Waals surface area contributed by atoms with Gasteiger partial charge in [-0.05, 0) is 20.3 Å². The molecule has 1 amide bonds. The first-order valence-corrected chi connectivity index (χ1v) is 5.07. The monoisotopic (exact) mass is 229 g/mol. The number of amides is 1. The molecule has 5 heteroatoms. The van der Waals surface area contributed by atoms with Crippen molar-refractivity contribution < 1.29 is 19.4 Å². The molecule has 0 aliphatic rings. The zero-order valence-corrected chi connectivity index (χ0v) is 10.2. The third-order valence-corrected chi connectivity index (χ3v) is 2.39. The van der Waals surface area contributed by atoms with Gasteiger partial charge in [-0.25, -0.2) is 4.79 Å². The lowest BCUT2D eigenvalue weighted by Gasteiger charge is -2.17. The molecule has 92 valence electrons. The van der Waals surface area contributed by atoms with Crippen LogP contribution in [-0.2, 0) is 14.3 Å². The van der Waals surface area contributed by atoms with Crippen LogP contribution >= 0.6 is 0 Å². The van der Waals surface area contributed by atoms with Crippen molar-refractivity contribution in [2.24, 2.45) is 0 Å². The van der Waals surface area contributed by atoms with Crippen molar-refractivity contribution >= 4 is 11.9 Å². The summed E-state index contributed by atoms with van der Waals surface area (Å²) in [5.41, 5.74) is 0.357. The highest BCUT2D eigenvalue weighted by Crippen LogP contribution is 2.07. The first-order valence-electron chi connectivity index (χ1n) is 5.07. The van der Waals surface area contributed by atoms with Crippen LogP contribution in [0.3, 0.4) is 0 Å². The van der Waals surface area contributed by atoms with Crippen LogP contribution in [0.2, 0.25) is 0 Å². The summed E-state index contributed by atoms with van der Waals surface area (Å²) in [5, 5.41) is 8.75. The van der Waals surface area contributed by atoms with Gasteiger partial charge in [-0.2, -0.15) is 0 Å². The van der Waals surface area contributed by atoms with Crippen LogP contribution in [0.25, 0.3) is 0 Å². The van der Waals surface area contributed by atoms with E-state index in [1.807, 2.05) is 0 Å². The van der Waals surface area contributed by atoms with E-state index in [0.29, 0.717) is 13.2 Å². The van der Waals surface area contributed by atoms with Gasteiger partial charge in [0.1, 0.15) is 0 Å². The number of rotatable bonds is 6. The fourth-order valence-electron chi connectivity index (χ4n) is 1.15. The Labute approximate surface area is 95.7 Å². The molecule has 0 saturated heterocycles. The highest BCUT2D eigenvalue weighted by atomic mass is 16.5. The largest absolute Gasteiger partial charge is 0.478 e. The lowest BCUT2D eigenvalue weighted by Crippen LogP contribution is -2.30. The molecule has 0 radical (unpaired) electrons. The van der Waals surface area contributed by atoms with E-state index >= 15 is 0 Å². The number of hydrogen-bond acceptors (Lipinski definition) is 3. The van der Waals surface area contributed by atoms with E-state index in [0.717, 1.165) is 6.42 Å². The van der Waals surface area contributed by atoms with E-state index in [1.54, 1.807) is 14.2 Å². The molecule has 0 aliphatic carbocycles. The molecule has 16 heavy (non-hydrogen) atoms. The van der Waals surface area contributed by atoms with Crippen molar-refractivity contribution in [3.8, 4) is 0 Å². The minimum atomic E-state index is -1.06. The van der Waals surface area contributed by atoms with E-state index in [2.05, 4.69) is 0 Å². The summed E-state index contributed by atoms with van der Waals surface area (Å²) in [6, 6.07) is 0. The summed E-state index contributed by atoms with van der Waals surface area (Å²) < 4.78 is 4.87. The van der Waals surface area contributed by atoms with Gasteiger partial charge in [-0.1, -0.05) is 0 Å². The molecule has 0 aromatic heterocycles. The lowest BCUT2D eigenvalue weighted by molar-refractivity contribution is -0.133. The van der Waals surface area contributed by atoms with E-state index in [4.69, 9.17) is 9.84 Å². The quantitative estimate of drug-likeness (QED) is 0.543. The molecule has 0 bridgehead atoms. The number of likely N-dealkylation sites (N-methyl/N-ethyl adjacent to an activating group) is 1. The summed E-state index contributed by atoms with van der Waals surface area (Å²) >= 11 is 0. The van der Waals surface area contributed by atoms with Gasteiger partial charge in [0, 0.05) is 38.5 Å². The predicted octanol–water partition coefficient (Wildman–Crippen LogP) is 0.902. The first-order chi connectivity index (χ1) is 7.41. The van der Waals surface area contributed by atoms with E-state index < -0.39 is 5.97 Å². The third kappa shape index (κ3) is 4.44. The SMILES string of the molecule is COCCCN(C)C(=O)C(C)=C(C)C(=O)O. The Morgan fingerprint density at radius 3 is 2.25 bits per heavy atom. The van der Waals surface area contributed by atoms with Crippen LogP contribution in [0.4, 0.5) is 0 Å². The van der Waals surface area contributed by atoms with Crippen molar-refractivity contribution in [1.29, 1.82) is 0 Å². The van der Waals surface area contributed by atoms with Crippen LogP contribution in [0.5, 0.6) is 0 Å².